The van der Waals surface area contributed by atoms with Gasteiger partial charge in [0.2, 0.25) is 0 Å². The molecule has 0 aliphatic carbocycles. The van der Waals surface area contributed by atoms with E-state index < -0.39 is 0 Å². The minimum atomic E-state index is 0.327. The molecule has 0 amide bonds. The molecule has 8 aromatic carbocycles. The first-order valence-corrected chi connectivity index (χ1v) is 18.4. The van der Waals surface area contributed by atoms with E-state index in [0.717, 1.165) is 17.1 Å². The van der Waals surface area contributed by atoms with Crippen molar-refractivity contribution in [3.63, 3.8) is 0 Å². The summed E-state index contributed by atoms with van der Waals surface area (Å²) < 4.78 is 5.29. The summed E-state index contributed by atoms with van der Waals surface area (Å²) in [5.41, 5.74) is 9.48. The number of nitrogens with zero attached hydrogens (tertiary/aromatic N) is 2. The molecule has 2 nitrogen and oxygen atoms in total. The van der Waals surface area contributed by atoms with E-state index in [4.69, 9.17) is 0 Å². The smallest absolute Gasteiger partial charge is 0.0602 e. The quantitative estimate of drug-likeness (QED) is 0.163. The first-order chi connectivity index (χ1) is 24.3. The van der Waals surface area contributed by atoms with Gasteiger partial charge in [0.25, 0.3) is 0 Å². The number of hydrogen-bond acceptors (Lipinski definition) is 1. The third kappa shape index (κ3) is 4.63. The van der Waals surface area contributed by atoms with Crippen molar-refractivity contribution >= 4 is 83.4 Å². The van der Waals surface area contributed by atoms with E-state index in [-0.39, 0.29) is 0 Å². The van der Waals surface area contributed by atoms with Gasteiger partial charge in [-0.15, -0.1) is 0 Å². The van der Waals surface area contributed by atoms with Crippen LogP contribution in [0.4, 0.5) is 17.1 Å². The maximum absolute atomic E-state index is 2.43. The zero-order valence-corrected chi connectivity index (χ0v) is 28.3. The predicted molar refractivity (Wildman–Crippen MR) is 210 cm³/mol. The molecule has 0 bridgehead atoms. The van der Waals surface area contributed by atoms with Crippen molar-refractivity contribution in [2.75, 3.05) is 4.90 Å². The van der Waals surface area contributed by atoms with Gasteiger partial charge >= 0.3 is 249 Å². The summed E-state index contributed by atoms with van der Waals surface area (Å²) in [6.07, 6.45) is 0. The van der Waals surface area contributed by atoms with Crippen LogP contribution in [0, 0.1) is 0 Å². The van der Waals surface area contributed by atoms with Gasteiger partial charge in [0.1, 0.15) is 0 Å². The topological polar surface area (TPSA) is 8.17 Å². The molecular weight excluding hydrogens is 659 g/mol. The molecule has 0 N–H and O–H groups in total. The van der Waals surface area contributed by atoms with Crippen LogP contribution < -0.4 is 4.90 Å². The van der Waals surface area contributed by atoms with E-state index in [1.165, 1.54) is 68.7 Å². The van der Waals surface area contributed by atoms with E-state index in [0.29, 0.717) is 14.5 Å². The van der Waals surface area contributed by atoms with Crippen LogP contribution in [0.3, 0.4) is 0 Å². The summed E-state index contributed by atoms with van der Waals surface area (Å²) in [6.45, 7) is 0. The van der Waals surface area contributed by atoms with Gasteiger partial charge in [-0.25, -0.2) is 0 Å². The van der Waals surface area contributed by atoms with Crippen LogP contribution in [0.15, 0.2) is 182 Å². The number of benzene rings is 8. The van der Waals surface area contributed by atoms with Crippen LogP contribution in [-0.4, -0.2) is 19.1 Å². The number of para-hydroxylation sites is 2. The van der Waals surface area contributed by atoms with Gasteiger partial charge in [0, 0.05) is 0 Å². The van der Waals surface area contributed by atoms with Crippen LogP contribution in [0.5, 0.6) is 0 Å². The maximum atomic E-state index is 2.43. The number of rotatable bonds is 5. The van der Waals surface area contributed by atoms with Crippen LogP contribution in [0.2, 0.25) is 0 Å². The van der Waals surface area contributed by atoms with Gasteiger partial charge in [0.15, 0.2) is 0 Å². The Bertz CT molecular complexity index is 2820. The molecule has 10 aromatic rings. The molecule has 2 heterocycles. The summed E-state index contributed by atoms with van der Waals surface area (Å²) in [5.74, 6) is 0. The van der Waals surface area contributed by atoms with E-state index in [1.54, 1.807) is 0 Å². The molecule has 0 atom stereocenters. The van der Waals surface area contributed by atoms with E-state index >= 15 is 0 Å². The molecule has 0 radical (unpaired) electrons. The molecule has 0 saturated heterocycles. The standard InChI is InChI=1S/C46H30N2Se/c1-2-13-33(14-3-1)48-43-19-8-6-16-39(43)41-29-35(25-27-44(41)48)47(36-26-28-46-42(30-36)40-17-7-9-20-45(40)49-46)34-23-21-32(22-24-34)38-18-10-12-31-11-4-5-15-37(31)38/h1-30H. The second-order valence-electron chi connectivity index (χ2n) is 12.6. The molecule has 3 heteroatoms. The van der Waals surface area contributed by atoms with Crippen molar-refractivity contribution in [2.45, 2.75) is 0 Å². The Kier molecular flexibility index (Phi) is 6.55. The Labute approximate surface area is 290 Å². The number of hydrogen-bond donors (Lipinski definition) is 0. The minimum Gasteiger partial charge on any atom is -0.0602 e. The molecule has 10 rings (SSSR count). The Hall–Kier alpha value is -5.86. The van der Waals surface area contributed by atoms with E-state index in [2.05, 4.69) is 191 Å². The van der Waals surface area contributed by atoms with Crippen LogP contribution in [-0.2, 0) is 0 Å². The van der Waals surface area contributed by atoms with Gasteiger partial charge < -0.3 is 0 Å². The Morgan fingerprint density at radius 3 is 1.86 bits per heavy atom. The zero-order valence-electron chi connectivity index (χ0n) is 26.6. The van der Waals surface area contributed by atoms with Gasteiger partial charge in [-0.2, -0.15) is 0 Å². The minimum absolute atomic E-state index is 0.327. The first kappa shape index (κ1) is 28.2. The molecule has 0 spiro atoms. The van der Waals surface area contributed by atoms with Crippen molar-refractivity contribution in [3.05, 3.63) is 182 Å². The van der Waals surface area contributed by atoms with Crippen molar-refractivity contribution in [1.82, 2.24) is 4.57 Å². The monoisotopic (exact) mass is 690 g/mol. The first-order valence-electron chi connectivity index (χ1n) is 16.7. The van der Waals surface area contributed by atoms with Gasteiger partial charge in [-0.3, -0.25) is 0 Å². The van der Waals surface area contributed by atoms with Crippen molar-refractivity contribution < 1.29 is 0 Å². The molecule has 0 fully saturated rings. The van der Waals surface area contributed by atoms with Gasteiger partial charge in [-0.1, -0.05) is 42.5 Å². The molecule has 0 aliphatic rings. The van der Waals surface area contributed by atoms with E-state index in [9.17, 15) is 0 Å². The Morgan fingerprint density at radius 1 is 0.388 bits per heavy atom. The number of anilines is 3. The van der Waals surface area contributed by atoms with Gasteiger partial charge in [-0.05, 0) is 0 Å². The third-order valence-electron chi connectivity index (χ3n) is 9.77. The summed E-state index contributed by atoms with van der Waals surface area (Å²) in [4.78, 5) is 2.43. The molecule has 0 aliphatic heterocycles. The van der Waals surface area contributed by atoms with Crippen molar-refractivity contribution in [2.24, 2.45) is 0 Å². The van der Waals surface area contributed by atoms with Crippen LogP contribution in [0.25, 0.3) is 68.7 Å². The average Bonchev–Trinajstić information content (AvgIpc) is 3.71. The normalized spacial score (nSPS) is 11.7. The molecule has 230 valence electrons. The summed E-state index contributed by atoms with van der Waals surface area (Å²) >= 11 is 0.327. The Morgan fingerprint density at radius 2 is 1.00 bits per heavy atom. The summed E-state index contributed by atoms with van der Waals surface area (Å²) in [6, 6.07) is 66.7. The predicted octanol–water partition coefficient (Wildman–Crippen LogP) is 12.4. The van der Waals surface area contributed by atoms with Crippen LogP contribution in [0.1, 0.15) is 0 Å². The SMILES string of the molecule is c1ccc(-n2c3ccccc3c3cc(N(c4ccc(-c5cccc6ccccc56)cc4)c4ccc5[se]c6ccccc6c5c4)ccc32)cc1. The molecular formula is C46H30N2Se. The van der Waals surface area contributed by atoms with E-state index in [1.807, 2.05) is 0 Å². The average molecular weight is 690 g/mol. The fourth-order valence-corrected chi connectivity index (χ4v) is 9.80. The molecule has 2 aromatic heterocycles. The van der Waals surface area contributed by atoms with Crippen LogP contribution >= 0.6 is 0 Å². The third-order valence-corrected chi connectivity index (χ3v) is 12.2. The van der Waals surface area contributed by atoms with Crippen molar-refractivity contribution in [1.29, 1.82) is 0 Å². The summed E-state index contributed by atoms with van der Waals surface area (Å²) in [7, 11) is 0. The second-order valence-corrected chi connectivity index (χ2v) is 14.9. The van der Waals surface area contributed by atoms with Gasteiger partial charge in [0.05, 0.1) is 0 Å². The zero-order chi connectivity index (χ0) is 32.3. The fourth-order valence-electron chi connectivity index (χ4n) is 7.52. The molecule has 0 unspecified atom stereocenters. The number of fused-ring (bicyclic) bond motifs is 7. The molecule has 49 heavy (non-hydrogen) atoms. The summed E-state index contributed by atoms with van der Waals surface area (Å²) in [5, 5.41) is 7.74. The van der Waals surface area contributed by atoms with Crippen molar-refractivity contribution in [3.8, 4) is 16.8 Å². The number of aromatic nitrogens is 1. The Balaban J connectivity index is 1.18. The molecule has 0 saturated carbocycles. The fraction of sp³-hybridized carbons (Fsp3) is 0. The second kappa shape index (κ2) is 11.4.